The van der Waals surface area contributed by atoms with E-state index in [0.717, 1.165) is 0 Å². The molecule has 0 aliphatic rings. The van der Waals surface area contributed by atoms with E-state index in [1.807, 2.05) is 27.7 Å². The Balaban J connectivity index is 4.48. The van der Waals surface area contributed by atoms with Gasteiger partial charge in [0.1, 0.15) is 0 Å². The second-order valence-corrected chi connectivity index (χ2v) is 4.33. The van der Waals surface area contributed by atoms with Gasteiger partial charge in [-0.15, -0.1) is 0 Å². The molecule has 1 unspecified atom stereocenters. The minimum absolute atomic E-state index is 0.0492. The van der Waals surface area contributed by atoms with E-state index in [2.05, 4.69) is 11.2 Å². The molecule has 0 saturated heterocycles. The largest absolute Gasteiger partial charge is 0.210 e. The molecule has 0 spiro atoms. The van der Waals surface area contributed by atoms with Crippen LogP contribution in [-0.2, 0) is 0 Å². The lowest BCUT2D eigenvalue weighted by atomic mass is 9.67. The summed E-state index contributed by atoms with van der Waals surface area (Å²) in [6.07, 6.45) is 0.663. The van der Waals surface area contributed by atoms with Gasteiger partial charge < -0.3 is 0 Å². The van der Waals surface area contributed by atoms with Crippen molar-refractivity contribution in [3.05, 3.63) is 0 Å². The molecule has 0 bridgehead atoms. The summed E-state index contributed by atoms with van der Waals surface area (Å²) < 4.78 is 0. The highest BCUT2D eigenvalue weighted by molar-refractivity contribution is 5.03. The molecule has 0 heterocycles. The fourth-order valence-corrected chi connectivity index (χ4v) is 0.878. The SMILES string of the molecule is CC(C)(C)C(C)(C#N)CCN=N. The molecule has 68 valence electrons. The van der Waals surface area contributed by atoms with Crippen LogP contribution in [0.15, 0.2) is 5.11 Å². The lowest BCUT2D eigenvalue weighted by Gasteiger charge is -2.35. The predicted octanol–water partition coefficient (Wildman–Crippen LogP) is 2.98. The zero-order chi connectivity index (χ0) is 9.83. The molecule has 1 N–H and O–H groups in total. The number of rotatable bonds is 3. The van der Waals surface area contributed by atoms with Crippen molar-refractivity contribution < 1.29 is 0 Å². The topological polar surface area (TPSA) is 60.0 Å². The number of hydrogen-bond acceptors (Lipinski definition) is 3. The maximum absolute atomic E-state index is 8.99. The number of nitriles is 1. The second kappa shape index (κ2) is 3.66. The lowest BCUT2D eigenvalue weighted by Crippen LogP contribution is -2.31. The standard InChI is InChI=1S/C9H17N3/c1-8(2,3)9(4,7-10)5-6-12-11/h11H,5-6H2,1-4H3. The number of hydrogen-bond donors (Lipinski definition) is 1. The third-order valence-electron chi connectivity index (χ3n) is 2.63. The van der Waals surface area contributed by atoms with Gasteiger partial charge in [-0.3, -0.25) is 0 Å². The van der Waals surface area contributed by atoms with E-state index in [4.69, 9.17) is 10.8 Å². The molecule has 0 amide bonds. The van der Waals surface area contributed by atoms with Gasteiger partial charge in [-0.25, -0.2) is 5.53 Å². The fourth-order valence-electron chi connectivity index (χ4n) is 0.878. The molecule has 1 atom stereocenters. The van der Waals surface area contributed by atoms with Crippen molar-refractivity contribution >= 4 is 0 Å². The van der Waals surface area contributed by atoms with Gasteiger partial charge in [0.25, 0.3) is 0 Å². The van der Waals surface area contributed by atoms with Gasteiger partial charge in [-0.2, -0.15) is 10.4 Å². The summed E-state index contributed by atoms with van der Waals surface area (Å²) in [5.41, 5.74) is 6.25. The molecule has 0 aromatic rings. The van der Waals surface area contributed by atoms with E-state index >= 15 is 0 Å². The Morgan fingerprint density at radius 3 is 2.08 bits per heavy atom. The summed E-state index contributed by atoms with van der Waals surface area (Å²) >= 11 is 0. The number of nitrogens with one attached hydrogen (secondary N) is 1. The molecular weight excluding hydrogens is 150 g/mol. The smallest absolute Gasteiger partial charge is 0.0693 e. The maximum atomic E-state index is 8.99. The van der Waals surface area contributed by atoms with Gasteiger partial charge in [-0.1, -0.05) is 20.8 Å². The summed E-state index contributed by atoms with van der Waals surface area (Å²) in [5.74, 6) is 0. The van der Waals surface area contributed by atoms with Crippen LogP contribution in [0.5, 0.6) is 0 Å². The first-order valence-corrected chi connectivity index (χ1v) is 4.12. The maximum Gasteiger partial charge on any atom is 0.0693 e. The molecule has 3 heteroatoms. The Morgan fingerprint density at radius 2 is 1.83 bits per heavy atom. The number of nitrogens with zero attached hydrogens (tertiary/aromatic N) is 2. The summed E-state index contributed by atoms with van der Waals surface area (Å²) in [6, 6.07) is 2.31. The van der Waals surface area contributed by atoms with Crippen molar-refractivity contribution in [1.82, 2.24) is 0 Å². The molecule has 0 aliphatic heterocycles. The third-order valence-corrected chi connectivity index (χ3v) is 2.63. The molecule has 0 rings (SSSR count). The first-order chi connectivity index (χ1) is 5.37. The van der Waals surface area contributed by atoms with E-state index in [-0.39, 0.29) is 10.8 Å². The molecule has 0 aromatic carbocycles. The second-order valence-electron chi connectivity index (χ2n) is 4.33. The van der Waals surface area contributed by atoms with E-state index in [9.17, 15) is 0 Å². The average molecular weight is 167 g/mol. The summed E-state index contributed by atoms with van der Waals surface area (Å²) in [6.45, 7) is 8.50. The first kappa shape index (κ1) is 11.1. The molecule has 12 heavy (non-hydrogen) atoms. The zero-order valence-corrected chi connectivity index (χ0v) is 8.31. The van der Waals surface area contributed by atoms with Crippen LogP contribution >= 0.6 is 0 Å². The molecule has 0 aromatic heterocycles. The Bertz CT molecular complexity index is 197. The first-order valence-electron chi connectivity index (χ1n) is 4.12. The van der Waals surface area contributed by atoms with Crippen LogP contribution in [0, 0.1) is 27.7 Å². The van der Waals surface area contributed by atoms with E-state index < -0.39 is 0 Å². The van der Waals surface area contributed by atoms with Gasteiger partial charge in [0.2, 0.25) is 0 Å². The Kier molecular flexibility index (Phi) is 3.38. The molecule has 0 fully saturated rings. The van der Waals surface area contributed by atoms with Crippen molar-refractivity contribution in [2.45, 2.75) is 34.1 Å². The van der Waals surface area contributed by atoms with Crippen LogP contribution in [0.25, 0.3) is 0 Å². The van der Waals surface area contributed by atoms with Gasteiger partial charge in [0.05, 0.1) is 18.0 Å². The monoisotopic (exact) mass is 167 g/mol. The van der Waals surface area contributed by atoms with Crippen LogP contribution in [0.2, 0.25) is 0 Å². The van der Waals surface area contributed by atoms with Crippen LogP contribution in [0.3, 0.4) is 0 Å². The van der Waals surface area contributed by atoms with Crippen molar-refractivity contribution in [3.63, 3.8) is 0 Å². The van der Waals surface area contributed by atoms with Crippen LogP contribution in [-0.4, -0.2) is 6.54 Å². The third kappa shape index (κ3) is 2.30. The van der Waals surface area contributed by atoms with Crippen LogP contribution < -0.4 is 0 Å². The Morgan fingerprint density at radius 1 is 1.33 bits per heavy atom. The fraction of sp³-hybridized carbons (Fsp3) is 0.889. The van der Waals surface area contributed by atoms with Gasteiger partial charge in [-0.05, 0) is 18.8 Å². The Labute approximate surface area is 74.3 Å². The Hall–Kier alpha value is -0.910. The van der Waals surface area contributed by atoms with Crippen molar-refractivity contribution in [3.8, 4) is 6.07 Å². The predicted molar refractivity (Wildman–Crippen MR) is 47.8 cm³/mol. The molecular formula is C9H17N3. The van der Waals surface area contributed by atoms with Crippen molar-refractivity contribution in [2.24, 2.45) is 15.9 Å². The van der Waals surface area contributed by atoms with Crippen molar-refractivity contribution in [2.75, 3.05) is 6.54 Å². The van der Waals surface area contributed by atoms with Crippen LogP contribution in [0.4, 0.5) is 0 Å². The highest BCUT2D eigenvalue weighted by atomic mass is 14.9. The highest BCUT2D eigenvalue weighted by Crippen LogP contribution is 2.40. The van der Waals surface area contributed by atoms with E-state index in [1.165, 1.54) is 0 Å². The highest BCUT2D eigenvalue weighted by Gasteiger charge is 2.37. The zero-order valence-electron chi connectivity index (χ0n) is 8.31. The minimum atomic E-state index is -0.377. The van der Waals surface area contributed by atoms with Crippen molar-refractivity contribution in [1.29, 1.82) is 10.8 Å². The van der Waals surface area contributed by atoms with E-state index in [0.29, 0.717) is 13.0 Å². The van der Waals surface area contributed by atoms with Crippen LogP contribution in [0.1, 0.15) is 34.1 Å². The van der Waals surface area contributed by atoms with Gasteiger partial charge in [0.15, 0.2) is 0 Å². The van der Waals surface area contributed by atoms with Gasteiger partial charge in [0, 0.05) is 0 Å². The molecule has 0 saturated carbocycles. The summed E-state index contributed by atoms with van der Waals surface area (Å²) in [5, 5.41) is 12.3. The molecule has 0 radical (unpaired) electrons. The molecule has 0 aliphatic carbocycles. The molecule has 3 nitrogen and oxygen atoms in total. The summed E-state index contributed by atoms with van der Waals surface area (Å²) in [4.78, 5) is 0. The lowest BCUT2D eigenvalue weighted by molar-refractivity contribution is 0.167. The van der Waals surface area contributed by atoms with Gasteiger partial charge >= 0.3 is 0 Å². The quantitative estimate of drug-likeness (QED) is 0.645. The van der Waals surface area contributed by atoms with E-state index in [1.54, 1.807) is 0 Å². The minimum Gasteiger partial charge on any atom is -0.210 e. The summed E-state index contributed by atoms with van der Waals surface area (Å²) in [7, 11) is 0. The average Bonchev–Trinajstić information content (AvgIpc) is 1.98. The normalized spacial score (nSPS) is 16.2.